The molecule has 1 unspecified atom stereocenters. The summed E-state index contributed by atoms with van der Waals surface area (Å²) in [4.78, 5) is 16.0. The predicted octanol–water partition coefficient (Wildman–Crippen LogP) is 3.13. The molecule has 2 aromatic rings. The SMILES string of the molecule is Cc1cc(OC(C)C(=O)NCc2cccnc2)ccc1Cl. The molecule has 1 aromatic carbocycles. The van der Waals surface area contributed by atoms with Crippen molar-refractivity contribution in [2.24, 2.45) is 0 Å². The first-order valence-electron chi connectivity index (χ1n) is 6.65. The lowest BCUT2D eigenvalue weighted by Crippen LogP contribution is -2.35. The minimum atomic E-state index is -0.581. The molecule has 0 aliphatic heterocycles. The van der Waals surface area contributed by atoms with Crippen LogP contribution in [0.2, 0.25) is 5.02 Å². The van der Waals surface area contributed by atoms with Crippen molar-refractivity contribution < 1.29 is 9.53 Å². The third-order valence-electron chi connectivity index (χ3n) is 3.00. The Labute approximate surface area is 129 Å². The molecule has 4 nitrogen and oxygen atoms in total. The number of hydrogen-bond donors (Lipinski definition) is 1. The van der Waals surface area contributed by atoms with Crippen LogP contribution in [0.3, 0.4) is 0 Å². The van der Waals surface area contributed by atoms with E-state index in [4.69, 9.17) is 16.3 Å². The van der Waals surface area contributed by atoms with Gasteiger partial charge in [-0.2, -0.15) is 0 Å². The Bertz CT molecular complexity index is 617. The minimum absolute atomic E-state index is 0.175. The van der Waals surface area contributed by atoms with Gasteiger partial charge in [0.05, 0.1) is 0 Å². The molecule has 0 fully saturated rings. The van der Waals surface area contributed by atoms with Crippen LogP contribution in [0.1, 0.15) is 18.1 Å². The van der Waals surface area contributed by atoms with Crippen molar-refractivity contribution in [2.75, 3.05) is 0 Å². The molecule has 1 heterocycles. The standard InChI is InChI=1S/C16H17ClN2O2/c1-11-8-14(5-6-15(11)17)21-12(2)16(20)19-10-13-4-3-7-18-9-13/h3-9,12H,10H2,1-2H3,(H,19,20). The van der Waals surface area contributed by atoms with Gasteiger partial charge >= 0.3 is 0 Å². The van der Waals surface area contributed by atoms with Gasteiger partial charge in [0.15, 0.2) is 6.10 Å². The first kappa shape index (κ1) is 15.3. The number of hydrogen-bond acceptors (Lipinski definition) is 3. The molecule has 2 rings (SSSR count). The molecule has 1 aromatic heterocycles. The number of rotatable bonds is 5. The molecule has 0 spiro atoms. The highest BCUT2D eigenvalue weighted by molar-refractivity contribution is 6.31. The van der Waals surface area contributed by atoms with Gasteiger partial charge in [-0.3, -0.25) is 9.78 Å². The van der Waals surface area contributed by atoms with Gasteiger partial charge < -0.3 is 10.1 Å². The Morgan fingerprint density at radius 2 is 2.24 bits per heavy atom. The molecule has 0 bridgehead atoms. The summed E-state index contributed by atoms with van der Waals surface area (Å²) >= 11 is 5.96. The summed E-state index contributed by atoms with van der Waals surface area (Å²) in [7, 11) is 0. The summed E-state index contributed by atoms with van der Waals surface area (Å²) in [6, 6.07) is 9.05. The van der Waals surface area contributed by atoms with Crippen molar-refractivity contribution in [2.45, 2.75) is 26.5 Å². The van der Waals surface area contributed by atoms with E-state index in [2.05, 4.69) is 10.3 Å². The second-order valence-corrected chi connectivity index (χ2v) is 5.16. The molecule has 0 saturated carbocycles. The molecule has 1 amide bonds. The first-order valence-corrected chi connectivity index (χ1v) is 7.03. The fourth-order valence-corrected chi connectivity index (χ4v) is 1.90. The highest BCUT2D eigenvalue weighted by atomic mass is 35.5. The van der Waals surface area contributed by atoms with Gasteiger partial charge in [0.1, 0.15) is 5.75 Å². The average Bonchev–Trinajstić information content (AvgIpc) is 2.49. The highest BCUT2D eigenvalue weighted by Gasteiger charge is 2.14. The fourth-order valence-electron chi connectivity index (χ4n) is 1.78. The molecule has 0 aliphatic rings. The summed E-state index contributed by atoms with van der Waals surface area (Å²) in [6.07, 6.45) is 2.83. The van der Waals surface area contributed by atoms with Crippen molar-refractivity contribution in [1.29, 1.82) is 0 Å². The second-order valence-electron chi connectivity index (χ2n) is 4.75. The molecule has 21 heavy (non-hydrogen) atoms. The van der Waals surface area contributed by atoms with Crippen LogP contribution in [0.5, 0.6) is 5.75 Å². The average molecular weight is 305 g/mol. The number of pyridine rings is 1. The number of aryl methyl sites for hydroxylation is 1. The molecule has 110 valence electrons. The lowest BCUT2D eigenvalue weighted by atomic mass is 10.2. The molecular formula is C16H17ClN2O2. The van der Waals surface area contributed by atoms with Crippen molar-refractivity contribution in [3.05, 3.63) is 58.9 Å². The van der Waals surface area contributed by atoms with E-state index in [1.54, 1.807) is 31.5 Å². The molecule has 0 aliphatic carbocycles. The maximum atomic E-state index is 12.0. The Morgan fingerprint density at radius 3 is 2.90 bits per heavy atom. The van der Waals surface area contributed by atoms with Gasteiger partial charge in [-0.05, 0) is 49.2 Å². The summed E-state index contributed by atoms with van der Waals surface area (Å²) in [6.45, 7) is 4.03. The zero-order chi connectivity index (χ0) is 15.2. The van der Waals surface area contributed by atoms with E-state index in [1.807, 2.05) is 25.1 Å². The van der Waals surface area contributed by atoms with E-state index in [9.17, 15) is 4.79 Å². The monoisotopic (exact) mass is 304 g/mol. The van der Waals surface area contributed by atoms with Crippen LogP contribution in [0.15, 0.2) is 42.7 Å². The Hall–Kier alpha value is -2.07. The number of halogens is 1. The quantitative estimate of drug-likeness (QED) is 0.923. The number of carbonyl (C=O) groups is 1. The van der Waals surface area contributed by atoms with E-state index >= 15 is 0 Å². The summed E-state index contributed by atoms with van der Waals surface area (Å²) < 4.78 is 5.61. The number of benzene rings is 1. The van der Waals surface area contributed by atoms with Crippen molar-refractivity contribution in [3.63, 3.8) is 0 Å². The normalized spacial score (nSPS) is 11.8. The second kappa shape index (κ2) is 7.09. The minimum Gasteiger partial charge on any atom is -0.481 e. The van der Waals surface area contributed by atoms with Gasteiger partial charge in [-0.1, -0.05) is 17.7 Å². The Morgan fingerprint density at radius 1 is 1.43 bits per heavy atom. The number of carbonyl (C=O) groups excluding carboxylic acids is 1. The lowest BCUT2D eigenvalue weighted by molar-refractivity contribution is -0.127. The van der Waals surface area contributed by atoms with Crippen LogP contribution in [0, 0.1) is 6.92 Å². The molecular weight excluding hydrogens is 288 g/mol. The zero-order valence-corrected chi connectivity index (χ0v) is 12.7. The lowest BCUT2D eigenvalue weighted by Gasteiger charge is -2.15. The van der Waals surface area contributed by atoms with Gasteiger partial charge in [0, 0.05) is 24.0 Å². The Kier molecular flexibility index (Phi) is 5.17. The smallest absolute Gasteiger partial charge is 0.261 e. The van der Waals surface area contributed by atoms with Crippen LogP contribution in [-0.4, -0.2) is 17.0 Å². The van der Waals surface area contributed by atoms with E-state index in [0.717, 1.165) is 11.1 Å². The maximum absolute atomic E-state index is 12.0. The largest absolute Gasteiger partial charge is 0.481 e. The van der Waals surface area contributed by atoms with Gasteiger partial charge in [-0.25, -0.2) is 0 Å². The summed E-state index contributed by atoms with van der Waals surface area (Å²) in [5.41, 5.74) is 1.86. The first-order chi connectivity index (χ1) is 10.1. The van der Waals surface area contributed by atoms with Crippen LogP contribution >= 0.6 is 11.6 Å². The van der Waals surface area contributed by atoms with Crippen LogP contribution in [-0.2, 0) is 11.3 Å². The molecule has 0 radical (unpaired) electrons. The van der Waals surface area contributed by atoms with Crippen LogP contribution < -0.4 is 10.1 Å². The molecule has 1 N–H and O–H groups in total. The fraction of sp³-hybridized carbons (Fsp3) is 0.250. The summed E-state index contributed by atoms with van der Waals surface area (Å²) in [5, 5.41) is 3.49. The van der Waals surface area contributed by atoms with Gasteiger partial charge in [0.2, 0.25) is 0 Å². The maximum Gasteiger partial charge on any atom is 0.261 e. The number of ether oxygens (including phenoxy) is 1. The van der Waals surface area contributed by atoms with E-state index in [1.165, 1.54) is 0 Å². The van der Waals surface area contributed by atoms with Gasteiger partial charge in [-0.15, -0.1) is 0 Å². The third-order valence-corrected chi connectivity index (χ3v) is 3.43. The highest BCUT2D eigenvalue weighted by Crippen LogP contribution is 2.21. The van der Waals surface area contributed by atoms with Crippen molar-refractivity contribution >= 4 is 17.5 Å². The van der Waals surface area contributed by atoms with Crippen molar-refractivity contribution in [3.8, 4) is 5.75 Å². The summed E-state index contributed by atoms with van der Waals surface area (Å²) in [5.74, 6) is 0.451. The molecule has 0 saturated heterocycles. The zero-order valence-electron chi connectivity index (χ0n) is 12.0. The van der Waals surface area contributed by atoms with E-state index in [-0.39, 0.29) is 5.91 Å². The van der Waals surface area contributed by atoms with E-state index < -0.39 is 6.10 Å². The molecule has 5 heteroatoms. The Balaban J connectivity index is 1.88. The number of nitrogens with one attached hydrogen (secondary N) is 1. The van der Waals surface area contributed by atoms with Gasteiger partial charge in [0.25, 0.3) is 5.91 Å². The topological polar surface area (TPSA) is 51.2 Å². The number of aromatic nitrogens is 1. The van der Waals surface area contributed by atoms with Crippen molar-refractivity contribution in [1.82, 2.24) is 10.3 Å². The molecule has 1 atom stereocenters. The number of nitrogens with zero attached hydrogens (tertiary/aromatic N) is 1. The van der Waals surface area contributed by atoms with Crippen LogP contribution in [0.4, 0.5) is 0 Å². The predicted molar refractivity (Wildman–Crippen MR) is 82.4 cm³/mol. The van der Waals surface area contributed by atoms with E-state index in [0.29, 0.717) is 17.3 Å². The van der Waals surface area contributed by atoms with Crippen LogP contribution in [0.25, 0.3) is 0 Å². The third kappa shape index (κ3) is 4.46. The number of amides is 1.